The number of hydrogen-bond donors (Lipinski definition) is 2. The highest BCUT2D eigenvalue weighted by atomic mass is 31.2. The SMILES string of the molecule is CCC/C=C\CCCCCCCC(=O)OCC(COP(=O)(O)O)OC(=O)CCCCCCCCCCC/C=C\CCCCCCCC. The first kappa shape index (κ1) is 45.5. The van der Waals surface area contributed by atoms with Crippen LogP contribution in [0.2, 0.25) is 0 Å². The average Bonchev–Trinajstić information content (AvgIpc) is 3.04. The van der Waals surface area contributed by atoms with Crippen molar-refractivity contribution in [2.75, 3.05) is 13.2 Å². The lowest BCUT2D eigenvalue weighted by atomic mass is 10.1. The van der Waals surface area contributed by atoms with Gasteiger partial charge in [-0.15, -0.1) is 0 Å². The zero-order valence-corrected chi connectivity index (χ0v) is 31.1. The molecule has 0 amide bonds. The van der Waals surface area contributed by atoms with E-state index in [0.29, 0.717) is 12.8 Å². The summed E-state index contributed by atoms with van der Waals surface area (Å²) in [6.07, 6.45) is 37.6. The molecule has 0 heterocycles. The van der Waals surface area contributed by atoms with Crippen molar-refractivity contribution in [1.82, 2.24) is 0 Å². The predicted octanol–water partition coefficient (Wildman–Crippen LogP) is 11.2. The molecule has 0 aliphatic heterocycles. The number of hydrogen-bond acceptors (Lipinski definition) is 6. The van der Waals surface area contributed by atoms with Gasteiger partial charge in [-0.25, -0.2) is 4.57 Å². The highest BCUT2D eigenvalue weighted by Crippen LogP contribution is 2.36. The fraction of sp³-hybridized carbons (Fsp3) is 0.842. The lowest BCUT2D eigenvalue weighted by molar-refractivity contribution is -0.161. The van der Waals surface area contributed by atoms with Crippen molar-refractivity contribution in [3.8, 4) is 0 Å². The van der Waals surface area contributed by atoms with Crippen LogP contribution in [0.25, 0.3) is 0 Å². The first-order chi connectivity index (χ1) is 22.8. The molecule has 2 N–H and O–H groups in total. The molecule has 0 aliphatic rings. The zero-order chi connectivity index (χ0) is 34.7. The summed E-state index contributed by atoms with van der Waals surface area (Å²) < 4.78 is 26.3. The van der Waals surface area contributed by atoms with Crippen molar-refractivity contribution in [3.05, 3.63) is 24.3 Å². The molecule has 0 spiro atoms. The van der Waals surface area contributed by atoms with Gasteiger partial charge in [0, 0.05) is 12.8 Å². The Morgan fingerprint density at radius 3 is 1.38 bits per heavy atom. The fourth-order valence-electron chi connectivity index (χ4n) is 5.31. The molecule has 0 saturated heterocycles. The third-order valence-electron chi connectivity index (χ3n) is 8.17. The normalized spacial score (nSPS) is 12.7. The van der Waals surface area contributed by atoms with E-state index < -0.39 is 32.5 Å². The van der Waals surface area contributed by atoms with E-state index in [2.05, 4.69) is 42.7 Å². The molecule has 1 atom stereocenters. The Morgan fingerprint density at radius 2 is 0.936 bits per heavy atom. The van der Waals surface area contributed by atoms with Gasteiger partial charge in [0.05, 0.1) is 6.61 Å². The molecule has 0 saturated carbocycles. The lowest BCUT2D eigenvalue weighted by Crippen LogP contribution is -2.29. The van der Waals surface area contributed by atoms with E-state index in [1.807, 2.05) is 0 Å². The largest absolute Gasteiger partial charge is 0.469 e. The minimum atomic E-state index is -4.75. The molecule has 0 radical (unpaired) electrons. The van der Waals surface area contributed by atoms with Gasteiger partial charge >= 0.3 is 19.8 Å². The molecule has 0 aromatic heterocycles. The topological polar surface area (TPSA) is 119 Å². The van der Waals surface area contributed by atoms with Gasteiger partial charge < -0.3 is 19.3 Å². The number of phosphoric acid groups is 1. The van der Waals surface area contributed by atoms with E-state index in [4.69, 9.17) is 19.3 Å². The Morgan fingerprint density at radius 1 is 0.532 bits per heavy atom. The molecule has 1 unspecified atom stereocenters. The summed E-state index contributed by atoms with van der Waals surface area (Å²) in [4.78, 5) is 42.6. The summed E-state index contributed by atoms with van der Waals surface area (Å²) in [5.41, 5.74) is 0. The second-order valence-electron chi connectivity index (χ2n) is 12.9. The second-order valence-corrected chi connectivity index (χ2v) is 14.1. The molecule has 0 aromatic rings. The van der Waals surface area contributed by atoms with Crippen molar-refractivity contribution >= 4 is 19.8 Å². The number of unbranched alkanes of at least 4 members (excludes halogenated alkanes) is 21. The van der Waals surface area contributed by atoms with Crippen LogP contribution in [0.1, 0.15) is 187 Å². The van der Waals surface area contributed by atoms with Crippen molar-refractivity contribution in [2.24, 2.45) is 0 Å². The summed E-state index contributed by atoms with van der Waals surface area (Å²) >= 11 is 0. The van der Waals surface area contributed by atoms with E-state index in [0.717, 1.165) is 57.8 Å². The average molecular weight is 687 g/mol. The molecule has 9 heteroatoms. The molecular weight excluding hydrogens is 615 g/mol. The van der Waals surface area contributed by atoms with Crippen LogP contribution in [0, 0.1) is 0 Å². The number of ether oxygens (including phenoxy) is 2. The van der Waals surface area contributed by atoms with Crippen LogP contribution in [-0.4, -0.2) is 41.0 Å². The van der Waals surface area contributed by atoms with Crippen LogP contribution in [0.15, 0.2) is 24.3 Å². The van der Waals surface area contributed by atoms with E-state index in [-0.39, 0.29) is 19.4 Å². The maximum atomic E-state index is 12.4. The molecule has 47 heavy (non-hydrogen) atoms. The van der Waals surface area contributed by atoms with Crippen LogP contribution in [0.4, 0.5) is 0 Å². The standard InChI is InChI=1S/C38H71O8P/c1-3-5-7-9-11-13-15-16-17-18-19-20-21-22-23-25-27-29-31-33-38(40)46-36(35-45-47(41,42)43)34-44-37(39)32-30-28-26-24-14-12-10-8-6-4-2/h8,10,16-17,36H,3-7,9,11-15,18-35H2,1-2H3,(H2,41,42,43)/b10-8-,17-16-. The highest BCUT2D eigenvalue weighted by molar-refractivity contribution is 7.46. The Bertz CT molecular complexity index is 823. The highest BCUT2D eigenvalue weighted by Gasteiger charge is 2.22. The number of allylic oxidation sites excluding steroid dienone is 4. The predicted molar refractivity (Wildman–Crippen MR) is 193 cm³/mol. The summed E-state index contributed by atoms with van der Waals surface area (Å²) in [5.74, 6) is -0.897. The summed E-state index contributed by atoms with van der Waals surface area (Å²) in [7, 11) is -4.75. The Kier molecular flexibility index (Phi) is 33.3. The minimum Gasteiger partial charge on any atom is -0.462 e. The zero-order valence-electron chi connectivity index (χ0n) is 30.2. The van der Waals surface area contributed by atoms with Gasteiger partial charge in [-0.05, 0) is 57.8 Å². The second kappa shape index (κ2) is 34.4. The third-order valence-corrected chi connectivity index (χ3v) is 8.66. The van der Waals surface area contributed by atoms with Gasteiger partial charge in [0.25, 0.3) is 0 Å². The molecule has 276 valence electrons. The summed E-state index contributed by atoms with van der Waals surface area (Å²) in [6.45, 7) is 3.60. The molecule has 8 nitrogen and oxygen atoms in total. The molecular formula is C38H71O8P. The van der Waals surface area contributed by atoms with Gasteiger partial charge in [-0.1, -0.05) is 141 Å². The summed E-state index contributed by atoms with van der Waals surface area (Å²) in [5, 5.41) is 0. The quantitative estimate of drug-likeness (QED) is 0.0292. The number of phosphoric ester groups is 1. The van der Waals surface area contributed by atoms with E-state index in [1.165, 1.54) is 89.9 Å². The lowest BCUT2D eigenvalue weighted by Gasteiger charge is -2.18. The van der Waals surface area contributed by atoms with Gasteiger partial charge in [-0.3, -0.25) is 14.1 Å². The number of rotatable bonds is 35. The van der Waals surface area contributed by atoms with Gasteiger partial charge in [0.15, 0.2) is 6.10 Å². The van der Waals surface area contributed by atoms with Gasteiger partial charge in [0.2, 0.25) is 0 Å². The van der Waals surface area contributed by atoms with Crippen molar-refractivity contribution in [2.45, 2.75) is 193 Å². The Balaban J connectivity index is 3.91. The smallest absolute Gasteiger partial charge is 0.462 e. The minimum absolute atomic E-state index is 0.209. The fourth-order valence-corrected chi connectivity index (χ4v) is 5.67. The third kappa shape index (κ3) is 37.2. The number of carbonyl (C=O) groups excluding carboxylic acids is 2. The van der Waals surface area contributed by atoms with Crippen LogP contribution < -0.4 is 0 Å². The Hall–Kier alpha value is -1.47. The molecule has 0 aromatic carbocycles. The van der Waals surface area contributed by atoms with E-state index >= 15 is 0 Å². The van der Waals surface area contributed by atoms with Crippen LogP contribution >= 0.6 is 7.82 Å². The van der Waals surface area contributed by atoms with Crippen molar-refractivity contribution < 1.29 is 37.9 Å². The number of esters is 2. The first-order valence-electron chi connectivity index (χ1n) is 19.1. The Labute approximate surface area is 288 Å². The van der Waals surface area contributed by atoms with Crippen LogP contribution in [0.3, 0.4) is 0 Å². The van der Waals surface area contributed by atoms with E-state index in [1.54, 1.807) is 0 Å². The molecule has 0 rings (SSSR count). The van der Waals surface area contributed by atoms with E-state index in [9.17, 15) is 14.2 Å². The monoisotopic (exact) mass is 686 g/mol. The maximum absolute atomic E-state index is 12.4. The van der Waals surface area contributed by atoms with Crippen molar-refractivity contribution in [3.63, 3.8) is 0 Å². The van der Waals surface area contributed by atoms with Crippen LogP contribution in [0.5, 0.6) is 0 Å². The van der Waals surface area contributed by atoms with Gasteiger partial charge in [-0.2, -0.15) is 0 Å². The molecule has 0 aliphatic carbocycles. The molecule has 0 bridgehead atoms. The van der Waals surface area contributed by atoms with Gasteiger partial charge in [0.1, 0.15) is 6.61 Å². The van der Waals surface area contributed by atoms with Crippen LogP contribution in [-0.2, 0) is 28.2 Å². The maximum Gasteiger partial charge on any atom is 0.469 e. The summed E-state index contributed by atoms with van der Waals surface area (Å²) in [6, 6.07) is 0. The first-order valence-corrected chi connectivity index (χ1v) is 20.7. The number of carbonyl (C=O) groups is 2. The van der Waals surface area contributed by atoms with Crippen molar-refractivity contribution in [1.29, 1.82) is 0 Å². The molecule has 0 fully saturated rings.